The summed E-state index contributed by atoms with van der Waals surface area (Å²) in [5.74, 6) is 0. The van der Waals surface area contributed by atoms with Crippen molar-refractivity contribution >= 4 is 34.2 Å². The van der Waals surface area contributed by atoms with Crippen molar-refractivity contribution in [1.82, 2.24) is 0 Å². The highest BCUT2D eigenvalue weighted by Gasteiger charge is 2.03. The summed E-state index contributed by atoms with van der Waals surface area (Å²) in [5.41, 5.74) is 7.54. The molecule has 3 N–H and O–H groups in total. The summed E-state index contributed by atoms with van der Waals surface area (Å²) in [6.07, 6.45) is 0. The Hall–Kier alpha value is -1.39. The third-order valence-corrected chi connectivity index (χ3v) is 3.32. The molecule has 1 aromatic carbocycles. The Morgan fingerprint density at radius 1 is 1.25 bits per heavy atom. The van der Waals surface area contributed by atoms with E-state index in [1.54, 1.807) is 11.3 Å². The first kappa shape index (κ1) is 11.1. The van der Waals surface area contributed by atoms with Gasteiger partial charge >= 0.3 is 0 Å². The van der Waals surface area contributed by atoms with E-state index in [4.69, 9.17) is 18.0 Å². The van der Waals surface area contributed by atoms with Gasteiger partial charge in [-0.25, -0.2) is 0 Å². The third-order valence-electron chi connectivity index (χ3n) is 2.23. The minimum atomic E-state index is 0.425. The number of nitrogens with one attached hydrogen (secondary N) is 1. The molecule has 82 valence electrons. The molecular weight excluding hydrogens is 236 g/mol. The maximum absolute atomic E-state index is 5.66. The monoisotopic (exact) mass is 248 g/mol. The standard InChI is InChI=1S/C12H12N2S2/c13-12(15)10-5-1-2-6-11(10)14-8-9-4-3-7-16-9/h1-7,14H,8H2,(H2,13,15). The van der Waals surface area contributed by atoms with Gasteiger partial charge in [-0.15, -0.1) is 11.3 Å². The number of hydrogen-bond donors (Lipinski definition) is 2. The zero-order valence-electron chi connectivity index (χ0n) is 8.64. The predicted molar refractivity (Wildman–Crippen MR) is 74.0 cm³/mol. The molecule has 0 atom stereocenters. The van der Waals surface area contributed by atoms with E-state index in [0.717, 1.165) is 17.8 Å². The van der Waals surface area contributed by atoms with Crippen LogP contribution in [0.4, 0.5) is 5.69 Å². The summed E-state index contributed by atoms with van der Waals surface area (Å²) in [5, 5.41) is 5.41. The number of hydrogen-bond acceptors (Lipinski definition) is 3. The highest BCUT2D eigenvalue weighted by atomic mass is 32.1. The van der Waals surface area contributed by atoms with Crippen molar-refractivity contribution in [3.05, 3.63) is 52.2 Å². The van der Waals surface area contributed by atoms with Gasteiger partial charge in [0.1, 0.15) is 4.99 Å². The lowest BCUT2D eigenvalue weighted by molar-refractivity contribution is 1.19. The number of anilines is 1. The second-order valence-electron chi connectivity index (χ2n) is 3.34. The molecule has 1 aromatic heterocycles. The smallest absolute Gasteiger partial charge is 0.106 e. The Bertz CT molecular complexity index is 478. The van der Waals surface area contributed by atoms with E-state index in [0.29, 0.717) is 4.99 Å². The van der Waals surface area contributed by atoms with Crippen LogP contribution in [0.1, 0.15) is 10.4 Å². The van der Waals surface area contributed by atoms with Crippen molar-refractivity contribution in [2.24, 2.45) is 5.73 Å². The zero-order valence-corrected chi connectivity index (χ0v) is 10.3. The second kappa shape index (κ2) is 5.09. The second-order valence-corrected chi connectivity index (χ2v) is 4.81. The molecular formula is C12H12N2S2. The van der Waals surface area contributed by atoms with Gasteiger partial charge in [0.25, 0.3) is 0 Å². The molecule has 0 aliphatic carbocycles. The molecule has 0 radical (unpaired) electrons. The van der Waals surface area contributed by atoms with Crippen LogP contribution in [0.2, 0.25) is 0 Å². The van der Waals surface area contributed by atoms with E-state index in [-0.39, 0.29) is 0 Å². The van der Waals surface area contributed by atoms with Crippen LogP contribution in [0, 0.1) is 0 Å². The summed E-state index contributed by atoms with van der Waals surface area (Å²) in [7, 11) is 0. The number of rotatable bonds is 4. The summed E-state index contributed by atoms with van der Waals surface area (Å²) in [4.78, 5) is 1.71. The van der Waals surface area contributed by atoms with Crippen LogP contribution in [0.25, 0.3) is 0 Å². The summed E-state index contributed by atoms with van der Waals surface area (Å²) >= 11 is 6.73. The first-order valence-corrected chi connectivity index (χ1v) is 6.21. The van der Waals surface area contributed by atoms with Crippen molar-refractivity contribution in [2.45, 2.75) is 6.54 Å². The Labute approximate surface area is 104 Å². The summed E-state index contributed by atoms with van der Waals surface area (Å²) < 4.78 is 0. The van der Waals surface area contributed by atoms with Crippen LogP contribution < -0.4 is 11.1 Å². The van der Waals surface area contributed by atoms with E-state index >= 15 is 0 Å². The van der Waals surface area contributed by atoms with E-state index in [9.17, 15) is 0 Å². The molecule has 0 amide bonds. The molecule has 0 aliphatic rings. The molecule has 0 saturated carbocycles. The first-order chi connectivity index (χ1) is 7.77. The minimum Gasteiger partial charge on any atom is -0.389 e. The van der Waals surface area contributed by atoms with Crippen LogP contribution in [0.3, 0.4) is 0 Å². The van der Waals surface area contributed by atoms with Gasteiger partial charge in [-0.1, -0.05) is 30.4 Å². The van der Waals surface area contributed by atoms with E-state index < -0.39 is 0 Å². The van der Waals surface area contributed by atoms with Crippen molar-refractivity contribution in [3.63, 3.8) is 0 Å². The maximum Gasteiger partial charge on any atom is 0.106 e. The van der Waals surface area contributed by atoms with Gasteiger partial charge in [0, 0.05) is 22.7 Å². The van der Waals surface area contributed by atoms with Crippen molar-refractivity contribution in [2.75, 3.05) is 5.32 Å². The number of nitrogens with two attached hydrogens (primary N) is 1. The normalized spacial score (nSPS) is 10.0. The highest BCUT2D eigenvalue weighted by molar-refractivity contribution is 7.80. The molecule has 2 nitrogen and oxygen atoms in total. The molecule has 1 heterocycles. The van der Waals surface area contributed by atoms with Crippen molar-refractivity contribution < 1.29 is 0 Å². The van der Waals surface area contributed by atoms with Gasteiger partial charge in [-0.2, -0.15) is 0 Å². The lowest BCUT2D eigenvalue weighted by Crippen LogP contribution is -2.12. The third kappa shape index (κ3) is 2.59. The fraction of sp³-hybridized carbons (Fsp3) is 0.0833. The van der Waals surface area contributed by atoms with Crippen molar-refractivity contribution in [1.29, 1.82) is 0 Å². The topological polar surface area (TPSA) is 38.0 Å². The largest absolute Gasteiger partial charge is 0.389 e. The Kier molecular flexibility index (Phi) is 3.54. The van der Waals surface area contributed by atoms with Crippen LogP contribution in [-0.2, 0) is 6.54 Å². The fourth-order valence-electron chi connectivity index (χ4n) is 1.45. The number of thiophene rings is 1. The number of benzene rings is 1. The molecule has 0 aliphatic heterocycles. The number of para-hydroxylation sites is 1. The quantitative estimate of drug-likeness (QED) is 0.817. The van der Waals surface area contributed by atoms with Gasteiger partial charge in [-0.3, -0.25) is 0 Å². The van der Waals surface area contributed by atoms with Gasteiger partial charge in [0.2, 0.25) is 0 Å². The molecule has 2 aromatic rings. The molecule has 0 saturated heterocycles. The predicted octanol–water partition coefficient (Wildman–Crippen LogP) is 2.99. The van der Waals surface area contributed by atoms with Crippen LogP contribution in [0.15, 0.2) is 41.8 Å². The fourth-order valence-corrected chi connectivity index (χ4v) is 2.27. The average Bonchev–Trinajstić information content (AvgIpc) is 2.79. The van der Waals surface area contributed by atoms with E-state index in [1.807, 2.05) is 30.3 Å². The first-order valence-electron chi connectivity index (χ1n) is 4.92. The molecule has 0 spiro atoms. The molecule has 0 bridgehead atoms. The lowest BCUT2D eigenvalue weighted by atomic mass is 10.2. The average molecular weight is 248 g/mol. The molecule has 16 heavy (non-hydrogen) atoms. The van der Waals surface area contributed by atoms with E-state index in [1.165, 1.54) is 4.88 Å². The molecule has 2 rings (SSSR count). The Balaban J connectivity index is 2.12. The molecule has 4 heteroatoms. The van der Waals surface area contributed by atoms with Crippen LogP contribution in [-0.4, -0.2) is 4.99 Å². The summed E-state index contributed by atoms with van der Waals surface area (Å²) in [6, 6.07) is 12.0. The van der Waals surface area contributed by atoms with Gasteiger partial charge in [-0.05, 0) is 23.6 Å². The summed E-state index contributed by atoms with van der Waals surface area (Å²) in [6.45, 7) is 0.803. The van der Waals surface area contributed by atoms with Crippen molar-refractivity contribution in [3.8, 4) is 0 Å². The Morgan fingerprint density at radius 2 is 2.06 bits per heavy atom. The number of thiocarbonyl (C=S) groups is 1. The maximum atomic E-state index is 5.66. The SMILES string of the molecule is NC(=S)c1ccccc1NCc1cccs1. The Morgan fingerprint density at radius 3 is 2.75 bits per heavy atom. The lowest BCUT2D eigenvalue weighted by Gasteiger charge is -2.09. The van der Waals surface area contributed by atoms with Crippen LogP contribution >= 0.6 is 23.6 Å². The van der Waals surface area contributed by atoms with Gasteiger partial charge in [0.05, 0.1) is 0 Å². The van der Waals surface area contributed by atoms with E-state index in [2.05, 4.69) is 16.8 Å². The van der Waals surface area contributed by atoms with Gasteiger partial charge < -0.3 is 11.1 Å². The zero-order chi connectivity index (χ0) is 11.4. The molecule has 0 fully saturated rings. The molecule has 0 unspecified atom stereocenters. The van der Waals surface area contributed by atoms with Gasteiger partial charge in [0.15, 0.2) is 0 Å². The van der Waals surface area contributed by atoms with Crippen LogP contribution in [0.5, 0.6) is 0 Å². The minimum absolute atomic E-state index is 0.425. The highest BCUT2D eigenvalue weighted by Crippen LogP contribution is 2.17.